The van der Waals surface area contributed by atoms with E-state index in [0.717, 1.165) is 56.3 Å². The molecule has 126 valence electrons. The summed E-state index contributed by atoms with van der Waals surface area (Å²) in [4.78, 5) is 12.3. The number of carbonyl (C=O) groups is 1. The Kier molecular flexibility index (Phi) is 4.34. The summed E-state index contributed by atoms with van der Waals surface area (Å²) in [6.45, 7) is 1.78. The third-order valence-corrected chi connectivity index (χ3v) is 5.24. The Bertz CT molecular complexity index is 686. The summed E-state index contributed by atoms with van der Waals surface area (Å²) in [7, 11) is 0. The first kappa shape index (κ1) is 15.4. The molecule has 0 unspecified atom stereocenters. The number of nitrogens with zero attached hydrogens (tertiary/aromatic N) is 1. The zero-order chi connectivity index (χ0) is 16.4. The maximum Gasteiger partial charge on any atom is 0.273 e. The molecule has 0 atom stereocenters. The highest BCUT2D eigenvalue weighted by Crippen LogP contribution is 2.38. The van der Waals surface area contributed by atoms with E-state index in [1.165, 1.54) is 0 Å². The molecule has 2 aliphatic rings. The van der Waals surface area contributed by atoms with Crippen molar-refractivity contribution in [1.29, 1.82) is 0 Å². The zero-order valence-corrected chi connectivity index (χ0v) is 13.6. The van der Waals surface area contributed by atoms with Gasteiger partial charge in [-0.15, -0.1) is 0 Å². The average molecular weight is 326 g/mol. The number of aromatic nitrogens is 1. The lowest BCUT2D eigenvalue weighted by Gasteiger charge is -2.42. The van der Waals surface area contributed by atoms with Crippen molar-refractivity contribution in [3.8, 4) is 11.3 Å². The Morgan fingerprint density at radius 3 is 2.58 bits per heavy atom. The van der Waals surface area contributed by atoms with E-state index in [-0.39, 0.29) is 11.9 Å². The van der Waals surface area contributed by atoms with Crippen LogP contribution < -0.4 is 5.32 Å². The van der Waals surface area contributed by atoms with E-state index in [4.69, 9.17) is 9.26 Å². The lowest BCUT2D eigenvalue weighted by Crippen LogP contribution is -2.47. The molecule has 5 heteroatoms. The minimum Gasteiger partial charge on any atom is -0.381 e. The molecule has 0 spiro atoms. The predicted octanol–water partition coefficient (Wildman–Crippen LogP) is 3.28. The minimum absolute atomic E-state index is 0.142. The summed E-state index contributed by atoms with van der Waals surface area (Å²) in [5.41, 5.74) is 1.27. The van der Waals surface area contributed by atoms with Crippen LogP contribution in [-0.4, -0.2) is 30.3 Å². The number of hydrogen-bond donors (Lipinski definition) is 1. The number of nitrogens with one attached hydrogen (secondary N) is 1. The van der Waals surface area contributed by atoms with Crippen molar-refractivity contribution >= 4 is 5.91 Å². The van der Waals surface area contributed by atoms with Crippen molar-refractivity contribution in [2.24, 2.45) is 11.8 Å². The molecule has 2 aromatic rings. The van der Waals surface area contributed by atoms with Crippen molar-refractivity contribution in [3.05, 3.63) is 42.1 Å². The molecule has 0 bridgehead atoms. The van der Waals surface area contributed by atoms with Gasteiger partial charge in [-0.1, -0.05) is 35.5 Å². The number of carbonyl (C=O) groups excluding carboxylic acids is 1. The van der Waals surface area contributed by atoms with Gasteiger partial charge in [-0.05, 0) is 37.5 Å². The monoisotopic (exact) mass is 326 g/mol. The van der Waals surface area contributed by atoms with Gasteiger partial charge >= 0.3 is 0 Å². The van der Waals surface area contributed by atoms with Gasteiger partial charge in [0.1, 0.15) is 0 Å². The van der Waals surface area contributed by atoms with Crippen LogP contribution in [0.15, 0.2) is 40.9 Å². The van der Waals surface area contributed by atoms with E-state index in [1.54, 1.807) is 6.07 Å². The second-order valence-electron chi connectivity index (χ2n) is 6.79. The molecular formula is C19H22N2O3. The van der Waals surface area contributed by atoms with Crippen LogP contribution >= 0.6 is 0 Å². The van der Waals surface area contributed by atoms with Gasteiger partial charge in [-0.3, -0.25) is 4.79 Å². The Morgan fingerprint density at radius 1 is 1.08 bits per heavy atom. The topological polar surface area (TPSA) is 64.4 Å². The molecule has 24 heavy (non-hydrogen) atoms. The standard InChI is InChI=1S/C19H22N2O3/c22-19(17-12-18(24-21-17)14-4-2-1-3-5-14)20-16-10-15(11-16)13-6-8-23-9-7-13/h1-5,12-13,15-16H,6-11H2,(H,20,22). The lowest BCUT2D eigenvalue weighted by molar-refractivity contribution is 0.0201. The van der Waals surface area contributed by atoms with E-state index in [9.17, 15) is 4.79 Å². The van der Waals surface area contributed by atoms with Gasteiger partial charge in [0.05, 0.1) is 0 Å². The summed E-state index contributed by atoms with van der Waals surface area (Å²) in [6.07, 6.45) is 4.46. The Hall–Kier alpha value is -2.14. The van der Waals surface area contributed by atoms with E-state index in [0.29, 0.717) is 11.5 Å². The van der Waals surface area contributed by atoms with Crippen LogP contribution in [0, 0.1) is 11.8 Å². The molecule has 1 aliphatic heterocycles. The van der Waals surface area contributed by atoms with Crippen LogP contribution in [-0.2, 0) is 4.74 Å². The summed E-state index contributed by atoms with van der Waals surface area (Å²) in [5, 5.41) is 6.98. The summed E-state index contributed by atoms with van der Waals surface area (Å²) in [6, 6.07) is 11.7. The first-order valence-electron chi connectivity index (χ1n) is 8.70. The molecule has 1 N–H and O–H groups in total. The van der Waals surface area contributed by atoms with Gasteiger partial charge in [-0.25, -0.2) is 0 Å². The molecule has 1 aromatic carbocycles. The van der Waals surface area contributed by atoms with Crippen molar-refractivity contribution in [2.45, 2.75) is 31.7 Å². The number of amides is 1. The first-order valence-corrected chi connectivity index (χ1v) is 8.70. The van der Waals surface area contributed by atoms with Gasteiger partial charge in [-0.2, -0.15) is 0 Å². The highest BCUT2D eigenvalue weighted by atomic mass is 16.5. The normalized spacial score (nSPS) is 24.3. The van der Waals surface area contributed by atoms with Crippen LogP contribution in [0.1, 0.15) is 36.2 Å². The highest BCUT2D eigenvalue weighted by molar-refractivity contribution is 5.93. The zero-order valence-electron chi connectivity index (χ0n) is 13.6. The van der Waals surface area contributed by atoms with Crippen molar-refractivity contribution in [1.82, 2.24) is 10.5 Å². The molecule has 2 fully saturated rings. The van der Waals surface area contributed by atoms with Gasteiger partial charge in [0.2, 0.25) is 0 Å². The van der Waals surface area contributed by atoms with Gasteiger partial charge in [0.25, 0.3) is 5.91 Å². The third kappa shape index (κ3) is 3.22. The maximum atomic E-state index is 12.3. The van der Waals surface area contributed by atoms with Crippen molar-refractivity contribution in [3.63, 3.8) is 0 Å². The number of hydrogen-bond acceptors (Lipinski definition) is 4. The second kappa shape index (κ2) is 6.77. The highest BCUT2D eigenvalue weighted by Gasteiger charge is 2.36. The van der Waals surface area contributed by atoms with Crippen LogP contribution in [0.5, 0.6) is 0 Å². The van der Waals surface area contributed by atoms with Crippen LogP contribution in [0.4, 0.5) is 0 Å². The Balaban J connectivity index is 1.30. The summed E-state index contributed by atoms with van der Waals surface area (Å²) in [5.74, 6) is 1.98. The Labute approximate surface area is 141 Å². The van der Waals surface area contributed by atoms with Crippen LogP contribution in [0.2, 0.25) is 0 Å². The number of ether oxygens (including phenoxy) is 1. The number of rotatable bonds is 4. The molecule has 0 radical (unpaired) electrons. The maximum absolute atomic E-state index is 12.3. The van der Waals surface area contributed by atoms with Crippen LogP contribution in [0.3, 0.4) is 0 Å². The van der Waals surface area contributed by atoms with Crippen LogP contribution in [0.25, 0.3) is 11.3 Å². The van der Waals surface area contributed by atoms with Gasteiger partial charge in [0, 0.05) is 30.9 Å². The SMILES string of the molecule is O=C(NC1CC(C2CCOCC2)C1)c1cc(-c2ccccc2)on1. The van der Waals surface area contributed by atoms with E-state index in [2.05, 4.69) is 10.5 Å². The molecule has 1 amide bonds. The molecule has 1 saturated heterocycles. The van der Waals surface area contributed by atoms with Crippen molar-refractivity contribution < 1.29 is 14.1 Å². The smallest absolute Gasteiger partial charge is 0.273 e. The minimum atomic E-state index is -0.142. The molecule has 1 aromatic heterocycles. The fourth-order valence-electron chi connectivity index (χ4n) is 3.73. The van der Waals surface area contributed by atoms with E-state index in [1.807, 2.05) is 30.3 Å². The summed E-state index contributed by atoms with van der Waals surface area (Å²) >= 11 is 0. The molecule has 5 nitrogen and oxygen atoms in total. The number of benzene rings is 1. The fourth-order valence-corrected chi connectivity index (χ4v) is 3.73. The average Bonchev–Trinajstić information content (AvgIpc) is 3.09. The van der Waals surface area contributed by atoms with Gasteiger partial charge in [0.15, 0.2) is 11.5 Å². The molecule has 4 rings (SSSR count). The van der Waals surface area contributed by atoms with E-state index >= 15 is 0 Å². The van der Waals surface area contributed by atoms with E-state index < -0.39 is 0 Å². The molecule has 1 aliphatic carbocycles. The summed E-state index contributed by atoms with van der Waals surface area (Å²) < 4.78 is 10.7. The van der Waals surface area contributed by atoms with Crippen molar-refractivity contribution in [2.75, 3.05) is 13.2 Å². The third-order valence-electron chi connectivity index (χ3n) is 5.24. The first-order chi connectivity index (χ1) is 11.8. The largest absolute Gasteiger partial charge is 0.381 e. The molecule has 1 saturated carbocycles. The van der Waals surface area contributed by atoms with Gasteiger partial charge < -0.3 is 14.6 Å². The molecular weight excluding hydrogens is 304 g/mol. The quantitative estimate of drug-likeness (QED) is 0.936. The fraction of sp³-hybridized carbons (Fsp3) is 0.474. The molecule has 2 heterocycles. The predicted molar refractivity (Wildman–Crippen MR) is 89.5 cm³/mol. The lowest BCUT2D eigenvalue weighted by atomic mass is 9.70. The second-order valence-corrected chi connectivity index (χ2v) is 6.79. The Morgan fingerprint density at radius 2 is 1.83 bits per heavy atom.